The fourth-order valence-electron chi connectivity index (χ4n) is 3.88. The Labute approximate surface area is 209 Å². The number of para-hydroxylation sites is 3. The lowest BCUT2D eigenvalue weighted by molar-refractivity contribution is 0.0370. The van der Waals surface area contributed by atoms with Gasteiger partial charge in [-0.3, -0.25) is 4.98 Å². The van der Waals surface area contributed by atoms with Crippen molar-refractivity contribution in [1.29, 1.82) is 0 Å². The summed E-state index contributed by atoms with van der Waals surface area (Å²) >= 11 is 0. The number of ether oxygens (including phenoxy) is 2. The second kappa shape index (κ2) is 11.0. The second-order valence-electron chi connectivity index (χ2n) is 8.80. The highest BCUT2D eigenvalue weighted by molar-refractivity contribution is 6.14. The number of fused-ring (bicyclic) bond motifs is 3. The first-order chi connectivity index (χ1) is 17.3. The topological polar surface area (TPSA) is 78.4 Å². The van der Waals surface area contributed by atoms with Gasteiger partial charge in [0.2, 0.25) is 0 Å². The van der Waals surface area contributed by atoms with Gasteiger partial charge in [-0.1, -0.05) is 54.6 Å². The number of hydrogen-bond donors (Lipinski definition) is 0. The Bertz CT molecular complexity index is 1480. The fraction of sp³-hybridized carbons (Fsp3) is 0.200. The number of hydrogen-bond acceptors (Lipinski definition) is 6. The smallest absolute Gasteiger partial charge is 0.339 e. The molecule has 182 valence electrons. The molecule has 36 heavy (non-hydrogen) atoms. The third-order valence-electron chi connectivity index (χ3n) is 5.35. The van der Waals surface area contributed by atoms with Crippen LogP contribution in [0.1, 0.15) is 48.4 Å². The molecule has 5 rings (SSSR count). The van der Waals surface area contributed by atoms with Gasteiger partial charge in [0.1, 0.15) is 0 Å². The molecule has 6 nitrogen and oxygen atoms in total. The fourth-order valence-corrected chi connectivity index (χ4v) is 3.88. The Balaban J connectivity index is 0.000000174. The second-order valence-corrected chi connectivity index (χ2v) is 8.80. The van der Waals surface area contributed by atoms with Crippen molar-refractivity contribution in [2.45, 2.75) is 39.9 Å². The molecule has 0 saturated heterocycles. The maximum absolute atomic E-state index is 12.4. The summed E-state index contributed by atoms with van der Waals surface area (Å²) < 4.78 is 10.6. The summed E-state index contributed by atoms with van der Waals surface area (Å²) in [5.74, 6) is -0.594. The molecular weight excluding hydrogens is 452 g/mol. The van der Waals surface area contributed by atoms with E-state index in [2.05, 4.69) is 9.97 Å². The highest BCUT2D eigenvalue weighted by atomic mass is 16.5. The summed E-state index contributed by atoms with van der Waals surface area (Å²) in [6.45, 7) is 7.37. The molecule has 0 radical (unpaired) electrons. The summed E-state index contributed by atoms with van der Waals surface area (Å²) in [6.07, 6.45) is 1.37. The Morgan fingerprint density at radius 3 is 1.64 bits per heavy atom. The molecule has 0 N–H and O–H groups in total. The number of rotatable bonds is 4. The number of carbonyl (C=O) groups excluding carboxylic acids is 2. The molecule has 0 bridgehead atoms. The Hall–Kier alpha value is -4.32. The number of benzene rings is 3. The zero-order valence-electron chi connectivity index (χ0n) is 20.8. The van der Waals surface area contributed by atoms with Crippen LogP contribution in [0, 0.1) is 0 Å². The van der Waals surface area contributed by atoms with E-state index in [9.17, 15) is 9.59 Å². The predicted molar refractivity (Wildman–Crippen MR) is 142 cm³/mol. The third kappa shape index (κ3) is 5.49. The van der Waals surface area contributed by atoms with E-state index in [0.717, 1.165) is 32.7 Å². The molecule has 0 aliphatic heterocycles. The van der Waals surface area contributed by atoms with Crippen LogP contribution in [0.2, 0.25) is 0 Å². The van der Waals surface area contributed by atoms with Crippen LogP contribution in [0.5, 0.6) is 0 Å². The van der Waals surface area contributed by atoms with Crippen LogP contribution in [-0.2, 0) is 9.47 Å². The molecule has 0 atom stereocenters. The molecule has 0 unspecified atom stereocenters. The first-order valence-corrected chi connectivity index (χ1v) is 11.9. The van der Waals surface area contributed by atoms with Gasteiger partial charge in [-0.15, -0.1) is 0 Å². The molecule has 0 saturated carbocycles. The van der Waals surface area contributed by atoms with Crippen molar-refractivity contribution in [2.24, 2.45) is 0 Å². The van der Waals surface area contributed by atoms with E-state index in [0.29, 0.717) is 11.1 Å². The number of carbonyl (C=O) groups is 2. The highest BCUT2D eigenvalue weighted by Gasteiger charge is 2.18. The number of nitrogens with zero attached hydrogens (tertiary/aromatic N) is 2. The van der Waals surface area contributed by atoms with E-state index in [1.54, 1.807) is 12.3 Å². The monoisotopic (exact) mass is 480 g/mol. The van der Waals surface area contributed by atoms with Crippen LogP contribution in [0.4, 0.5) is 0 Å². The molecule has 0 spiro atoms. The number of pyridine rings is 2. The van der Waals surface area contributed by atoms with Crippen molar-refractivity contribution in [1.82, 2.24) is 9.97 Å². The lowest BCUT2D eigenvalue weighted by atomic mass is 10.0. The normalized spacial score (nSPS) is 10.9. The predicted octanol–water partition coefficient (Wildman–Crippen LogP) is 6.75. The molecule has 0 amide bonds. The van der Waals surface area contributed by atoms with Gasteiger partial charge in [0.15, 0.2) is 0 Å². The average molecular weight is 481 g/mol. The molecule has 6 heteroatoms. The largest absolute Gasteiger partial charge is 0.459 e. The molecule has 0 aliphatic carbocycles. The van der Waals surface area contributed by atoms with E-state index >= 15 is 0 Å². The quantitative estimate of drug-likeness (QED) is 0.209. The van der Waals surface area contributed by atoms with Crippen LogP contribution >= 0.6 is 0 Å². The summed E-state index contributed by atoms with van der Waals surface area (Å²) in [7, 11) is 0. The van der Waals surface area contributed by atoms with Crippen LogP contribution in [0.3, 0.4) is 0 Å². The van der Waals surface area contributed by atoms with Crippen molar-refractivity contribution in [3.8, 4) is 0 Å². The summed E-state index contributed by atoms with van der Waals surface area (Å²) in [6, 6.07) is 24.5. The van der Waals surface area contributed by atoms with E-state index in [-0.39, 0.29) is 24.1 Å². The van der Waals surface area contributed by atoms with E-state index in [1.165, 1.54) is 0 Å². The average Bonchev–Trinajstić information content (AvgIpc) is 2.86. The van der Waals surface area contributed by atoms with Crippen LogP contribution in [-0.4, -0.2) is 34.1 Å². The van der Waals surface area contributed by atoms with E-state index in [1.807, 2.05) is 100 Å². The van der Waals surface area contributed by atoms with Crippen molar-refractivity contribution < 1.29 is 19.1 Å². The standard InChI is InChI=1S/C17H15NO2.C13H13NO2/c1-11(2)20-17(19)16-12-7-3-5-9-14(12)18-15-10-6-4-8-13(15)16;1-9(2)16-13(15)11-7-8-14-12-6-4-3-5-10(11)12/h3-11H,1-2H3;3-9H,1-2H3. The minimum Gasteiger partial charge on any atom is -0.459 e. The Morgan fingerprint density at radius 1 is 0.611 bits per heavy atom. The third-order valence-corrected chi connectivity index (χ3v) is 5.35. The van der Waals surface area contributed by atoms with E-state index in [4.69, 9.17) is 9.47 Å². The lowest BCUT2D eigenvalue weighted by Crippen LogP contribution is -2.12. The molecular formula is C30H28N2O4. The maximum atomic E-state index is 12.4. The molecule has 2 heterocycles. The molecule has 2 aromatic heterocycles. The van der Waals surface area contributed by atoms with Gasteiger partial charge in [-0.2, -0.15) is 0 Å². The minimum absolute atomic E-state index is 0.112. The maximum Gasteiger partial charge on any atom is 0.339 e. The van der Waals surface area contributed by atoms with E-state index < -0.39 is 0 Å². The number of esters is 2. The van der Waals surface area contributed by atoms with Gasteiger partial charge in [0.25, 0.3) is 0 Å². The Morgan fingerprint density at radius 2 is 1.08 bits per heavy atom. The zero-order valence-corrected chi connectivity index (χ0v) is 20.8. The van der Waals surface area contributed by atoms with Crippen molar-refractivity contribution in [3.05, 3.63) is 96.2 Å². The first-order valence-electron chi connectivity index (χ1n) is 11.9. The van der Waals surface area contributed by atoms with Crippen molar-refractivity contribution in [2.75, 3.05) is 0 Å². The Kier molecular flexibility index (Phi) is 7.54. The van der Waals surface area contributed by atoms with Gasteiger partial charge in [-0.25, -0.2) is 14.6 Å². The van der Waals surface area contributed by atoms with Gasteiger partial charge in [0, 0.05) is 22.4 Å². The van der Waals surface area contributed by atoms with Gasteiger partial charge < -0.3 is 9.47 Å². The highest BCUT2D eigenvalue weighted by Crippen LogP contribution is 2.26. The lowest BCUT2D eigenvalue weighted by Gasteiger charge is -2.12. The minimum atomic E-state index is -0.298. The van der Waals surface area contributed by atoms with Crippen molar-refractivity contribution in [3.63, 3.8) is 0 Å². The summed E-state index contributed by atoms with van der Waals surface area (Å²) in [4.78, 5) is 33.0. The zero-order chi connectivity index (χ0) is 25.7. The molecule has 0 aliphatic rings. The first kappa shape index (κ1) is 24.8. The van der Waals surface area contributed by atoms with Gasteiger partial charge in [-0.05, 0) is 52.0 Å². The molecule has 5 aromatic rings. The summed E-state index contributed by atoms with van der Waals surface area (Å²) in [5, 5.41) is 2.49. The van der Waals surface area contributed by atoms with Crippen LogP contribution < -0.4 is 0 Å². The van der Waals surface area contributed by atoms with Crippen LogP contribution in [0.15, 0.2) is 85.1 Å². The SMILES string of the molecule is CC(C)OC(=O)c1c2ccccc2nc2ccccc12.CC(C)OC(=O)c1ccnc2ccccc12. The summed E-state index contributed by atoms with van der Waals surface area (Å²) in [5.41, 5.74) is 3.59. The number of aromatic nitrogens is 2. The van der Waals surface area contributed by atoms with Crippen LogP contribution in [0.25, 0.3) is 32.7 Å². The molecule has 3 aromatic carbocycles. The molecule has 0 fully saturated rings. The van der Waals surface area contributed by atoms with Gasteiger partial charge >= 0.3 is 11.9 Å². The van der Waals surface area contributed by atoms with Crippen molar-refractivity contribution >= 4 is 44.6 Å². The van der Waals surface area contributed by atoms with Gasteiger partial charge in [0.05, 0.1) is 39.9 Å².